The molecule has 0 aromatic carbocycles. The summed E-state index contributed by atoms with van der Waals surface area (Å²) in [6, 6.07) is 2.20. The molecule has 0 aliphatic carbocycles. The highest BCUT2D eigenvalue weighted by molar-refractivity contribution is 7.98. The van der Waals surface area contributed by atoms with Gasteiger partial charge in [-0.05, 0) is 25.7 Å². The van der Waals surface area contributed by atoms with Gasteiger partial charge in [-0.1, -0.05) is 6.92 Å². The second-order valence-electron chi connectivity index (χ2n) is 3.47. The van der Waals surface area contributed by atoms with Crippen LogP contribution in [0.1, 0.15) is 25.2 Å². The quantitative estimate of drug-likeness (QED) is 0.722. The number of nitrogens with one attached hydrogen (secondary N) is 1. The molecule has 0 aliphatic rings. The van der Waals surface area contributed by atoms with E-state index in [2.05, 4.69) is 41.3 Å². The van der Waals surface area contributed by atoms with Crippen LogP contribution < -0.4 is 5.32 Å². The zero-order chi connectivity index (χ0) is 11.1. The third kappa shape index (κ3) is 3.87. The van der Waals surface area contributed by atoms with E-state index in [-0.39, 0.29) is 0 Å². The fourth-order valence-corrected chi connectivity index (χ4v) is 1.84. The zero-order valence-electron chi connectivity index (χ0n) is 9.92. The molecule has 0 aliphatic heterocycles. The van der Waals surface area contributed by atoms with Gasteiger partial charge in [-0.2, -0.15) is 16.9 Å². The van der Waals surface area contributed by atoms with Gasteiger partial charge in [-0.15, -0.1) is 0 Å². The molecule has 0 radical (unpaired) electrons. The molecule has 0 unspecified atom stereocenters. The molecule has 1 aromatic rings. The monoisotopic (exact) mass is 227 g/mol. The van der Waals surface area contributed by atoms with Crippen LogP contribution in [0.3, 0.4) is 0 Å². The molecular formula is C11H21N3S. The van der Waals surface area contributed by atoms with Crippen molar-refractivity contribution in [2.75, 3.05) is 18.6 Å². The van der Waals surface area contributed by atoms with Crippen molar-refractivity contribution in [2.45, 2.75) is 33.4 Å². The minimum atomic E-state index is 0.932. The summed E-state index contributed by atoms with van der Waals surface area (Å²) in [5.41, 5.74) is 2.49. The predicted octanol–water partition coefficient (Wildman–Crippen LogP) is 1.92. The van der Waals surface area contributed by atoms with E-state index < -0.39 is 0 Å². The van der Waals surface area contributed by atoms with E-state index in [1.54, 1.807) is 0 Å². The summed E-state index contributed by atoms with van der Waals surface area (Å²) < 4.78 is 2.09. The first kappa shape index (κ1) is 12.6. The van der Waals surface area contributed by atoms with Crippen LogP contribution in [0.25, 0.3) is 0 Å². The maximum absolute atomic E-state index is 4.52. The van der Waals surface area contributed by atoms with E-state index in [9.17, 15) is 0 Å². The fourth-order valence-electron chi connectivity index (χ4n) is 1.49. The SMILES string of the molecule is CCc1cc(CNCCSC)n(CC)n1. The third-order valence-electron chi connectivity index (χ3n) is 2.36. The molecule has 3 nitrogen and oxygen atoms in total. The number of hydrogen-bond acceptors (Lipinski definition) is 3. The van der Waals surface area contributed by atoms with Crippen molar-refractivity contribution in [3.63, 3.8) is 0 Å². The van der Waals surface area contributed by atoms with E-state index in [1.165, 1.54) is 17.1 Å². The Labute approximate surface area is 96.6 Å². The van der Waals surface area contributed by atoms with Crippen LogP contribution in [0.2, 0.25) is 0 Å². The first-order valence-electron chi connectivity index (χ1n) is 5.57. The number of thioether (sulfide) groups is 1. The molecule has 1 aromatic heterocycles. The van der Waals surface area contributed by atoms with Gasteiger partial charge in [0.15, 0.2) is 0 Å². The fraction of sp³-hybridized carbons (Fsp3) is 0.727. The second kappa shape index (κ2) is 6.90. The van der Waals surface area contributed by atoms with Crippen molar-refractivity contribution in [1.29, 1.82) is 0 Å². The van der Waals surface area contributed by atoms with Crippen molar-refractivity contribution in [1.82, 2.24) is 15.1 Å². The van der Waals surface area contributed by atoms with E-state index >= 15 is 0 Å². The van der Waals surface area contributed by atoms with Crippen molar-refractivity contribution >= 4 is 11.8 Å². The highest BCUT2D eigenvalue weighted by atomic mass is 32.2. The summed E-state index contributed by atoms with van der Waals surface area (Å²) in [5, 5.41) is 7.95. The van der Waals surface area contributed by atoms with Gasteiger partial charge in [0.1, 0.15) is 0 Å². The molecule has 1 N–H and O–H groups in total. The Hall–Kier alpha value is -0.480. The summed E-state index contributed by atoms with van der Waals surface area (Å²) in [6.07, 6.45) is 3.15. The Morgan fingerprint density at radius 1 is 1.47 bits per heavy atom. The topological polar surface area (TPSA) is 29.9 Å². The summed E-state index contributed by atoms with van der Waals surface area (Å²) in [4.78, 5) is 0. The largest absolute Gasteiger partial charge is 0.310 e. The summed E-state index contributed by atoms with van der Waals surface area (Å²) in [5.74, 6) is 1.17. The molecule has 1 heterocycles. The van der Waals surface area contributed by atoms with Crippen LogP contribution in [-0.2, 0) is 19.5 Å². The second-order valence-corrected chi connectivity index (χ2v) is 4.45. The van der Waals surface area contributed by atoms with Crippen LogP contribution >= 0.6 is 11.8 Å². The van der Waals surface area contributed by atoms with Crippen LogP contribution in [-0.4, -0.2) is 28.3 Å². The van der Waals surface area contributed by atoms with Gasteiger partial charge in [-0.3, -0.25) is 4.68 Å². The van der Waals surface area contributed by atoms with E-state index in [0.717, 1.165) is 26.1 Å². The Morgan fingerprint density at radius 3 is 2.87 bits per heavy atom. The standard InChI is InChI=1S/C11H21N3S/c1-4-10-8-11(14(5-2)13-10)9-12-6-7-15-3/h8,12H,4-7,9H2,1-3H3. The van der Waals surface area contributed by atoms with Crippen molar-refractivity contribution in [3.8, 4) is 0 Å². The van der Waals surface area contributed by atoms with Gasteiger partial charge in [0, 0.05) is 25.4 Å². The van der Waals surface area contributed by atoms with Crippen molar-refractivity contribution < 1.29 is 0 Å². The molecule has 0 saturated heterocycles. The van der Waals surface area contributed by atoms with Crippen molar-refractivity contribution in [3.05, 3.63) is 17.5 Å². The van der Waals surface area contributed by atoms with Gasteiger partial charge >= 0.3 is 0 Å². The van der Waals surface area contributed by atoms with Crippen molar-refractivity contribution in [2.24, 2.45) is 0 Å². The Balaban J connectivity index is 2.47. The summed E-state index contributed by atoms with van der Waals surface area (Å²) in [6.45, 7) is 7.24. The maximum Gasteiger partial charge on any atom is 0.0625 e. The highest BCUT2D eigenvalue weighted by Gasteiger charge is 2.04. The average molecular weight is 227 g/mol. The lowest BCUT2D eigenvalue weighted by Crippen LogP contribution is -2.19. The summed E-state index contributed by atoms with van der Waals surface area (Å²) >= 11 is 1.87. The number of aromatic nitrogens is 2. The molecule has 15 heavy (non-hydrogen) atoms. The van der Waals surface area contributed by atoms with Gasteiger partial charge < -0.3 is 5.32 Å². The van der Waals surface area contributed by atoms with Crippen LogP contribution in [0.4, 0.5) is 0 Å². The lowest BCUT2D eigenvalue weighted by molar-refractivity contribution is 0.586. The first-order chi connectivity index (χ1) is 7.31. The molecule has 0 spiro atoms. The Morgan fingerprint density at radius 2 is 2.27 bits per heavy atom. The van der Waals surface area contributed by atoms with E-state index in [4.69, 9.17) is 0 Å². The number of rotatable bonds is 7. The zero-order valence-corrected chi connectivity index (χ0v) is 10.7. The maximum atomic E-state index is 4.52. The number of nitrogens with zero attached hydrogens (tertiary/aromatic N) is 2. The molecule has 4 heteroatoms. The smallest absolute Gasteiger partial charge is 0.0625 e. The predicted molar refractivity (Wildman–Crippen MR) is 67.4 cm³/mol. The molecular weight excluding hydrogens is 206 g/mol. The summed E-state index contributed by atoms with van der Waals surface area (Å²) in [7, 11) is 0. The molecule has 0 saturated carbocycles. The first-order valence-corrected chi connectivity index (χ1v) is 6.96. The van der Waals surface area contributed by atoms with E-state index in [0.29, 0.717) is 0 Å². The van der Waals surface area contributed by atoms with Crippen LogP contribution in [0, 0.1) is 0 Å². The lowest BCUT2D eigenvalue weighted by Gasteiger charge is -2.05. The average Bonchev–Trinajstić information content (AvgIpc) is 2.67. The highest BCUT2D eigenvalue weighted by Crippen LogP contribution is 2.05. The van der Waals surface area contributed by atoms with Gasteiger partial charge in [-0.25, -0.2) is 0 Å². The molecule has 1 rings (SSSR count). The minimum Gasteiger partial charge on any atom is -0.310 e. The third-order valence-corrected chi connectivity index (χ3v) is 2.98. The molecule has 0 amide bonds. The van der Waals surface area contributed by atoms with Crippen LogP contribution in [0.5, 0.6) is 0 Å². The Kier molecular flexibility index (Phi) is 5.79. The number of hydrogen-bond donors (Lipinski definition) is 1. The normalized spacial score (nSPS) is 10.9. The molecule has 0 atom stereocenters. The lowest BCUT2D eigenvalue weighted by atomic mass is 10.3. The number of aryl methyl sites for hydroxylation is 2. The van der Waals surface area contributed by atoms with Gasteiger partial charge in [0.05, 0.1) is 11.4 Å². The van der Waals surface area contributed by atoms with E-state index in [1.807, 2.05) is 11.8 Å². The van der Waals surface area contributed by atoms with Crippen LogP contribution in [0.15, 0.2) is 6.07 Å². The minimum absolute atomic E-state index is 0.932. The molecule has 0 bridgehead atoms. The van der Waals surface area contributed by atoms with Gasteiger partial charge in [0.2, 0.25) is 0 Å². The Bertz CT molecular complexity index is 283. The molecule has 86 valence electrons. The van der Waals surface area contributed by atoms with Gasteiger partial charge in [0.25, 0.3) is 0 Å². The molecule has 0 fully saturated rings.